The van der Waals surface area contributed by atoms with Gasteiger partial charge in [0.1, 0.15) is 0 Å². The van der Waals surface area contributed by atoms with Crippen LogP contribution in [0.5, 0.6) is 0 Å². The van der Waals surface area contributed by atoms with Gasteiger partial charge in [0, 0.05) is 26.4 Å². The molecule has 0 saturated carbocycles. The van der Waals surface area contributed by atoms with Crippen LogP contribution in [-0.2, 0) is 0 Å². The van der Waals surface area contributed by atoms with Gasteiger partial charge in [0.25, 0.3) is 0 Å². The number of thiophene rings is 1. The Morgan fingerprint density at radius 2 is 1.26 bits per heavy atom. The van der Waals surface area contributed by atoms with Crippen LogP contribution in [0.15, 0.2) is 78.9 Å². The van der Waals surface area contributed by atoms with Crippen LogP contribution < -0.4 is 0 Å². The third-order valence-corrected chi connectivity index (χ3v) is 5.46. The standard InChI is InChI=1S/C21H13NS/c1-2-8-14(9-3-1)19-15-10-4-5-11-16(15)21-20(22-19)17-12-6-7-13-18(17)23-21/h1-13H. The van der Waals surface area contributed by atoms with Crippen molar-refractivity contribution in [1.82, 2.24) is 4.98 Å². The van der Waals surface area contributed by atoms with E-state index in [1.54, 1.807) is 0 Å². The van der Waals surface area contributed by atoms with Gasteiger partial charge in [0.15, 0.2) is 0 Å². The molecule has 2 aromatic heterocycles. The first-order valence-electron chi connectivity index (χ1n) is 7.67. The van der Waals surface area contributed by atoms with E-state index >= 15 is 0 Å². The van der Waals surface area contributed by atoms with Crippen molar-refractivity contribution < 1.29 is 0 Å². The van der Waals surface area contributed by atoms with Gasteiger partial charge in [-0.2, -0.15) is 0 Å². The Morgan fingerprint density at radius 3 is 2.09 bits per heavy atom. The second-order valence-electron chi connectivity index (χ2n) is 5.65. The van der Waals surface area contributed by atoms with Gasteiger partial charge in [-0.25, -0.2) is 4.98 Å². The molecule has 0 bridgehead atoms. The first kappa shape index (κ1) is 12.8. The van der Waals surface area contributed by atoms with Crippen molar-refractivity contribution in [3.63, 3.8) is 0 Å². The summed E-state index contributed by atoms with van der Waals surface area (Å²) in [5, 5.41) is 3.76. The van der Waals surface area contributed by atoms with Gasteiger partial charge in [0.05, 0.1) is 15.9 Å². The summed E-state index contributed by atoms with van der Waals surface area (Å²) in [6.07, 6.45) is 0. The quantitative estimate of drug-likeness (QED) is 0.355. The van der Waals surface area contributed by atoms with Crippen LogP contribution in [0, 0.1) is 0 Å². The van der Waals surface area contributed by atoms with Crippen LogP contribution in [0.2, 0.25) is 0 Å². The molecule has 2 heteroatoms. The highest BCUT2D eigenvalue weighted by atomic mass is 32.1. The Balaban J connectivity index is 2.02. The zero-order valence-corrected chi connectivity index (χ0v) is 13.2. The van der Waals surface area contributed by atoms with E-state index in [9.17, 15) is 0 Å². The Bertz CT molecular complexity index is 1160. The maximum atomic E-state index is 5.07. The van der Waals surface area contributed by atoms with E-state index in [0.29, 0.717) is 0 Å². The third-order valence-electron chi connectivity index (χ3n) is 4.27. The van der Waals surface area contributed by atoms with Crippen molar-refractivity contribution in [2.75, 3.05) is 0 Å². The lowest BCUT2D eigenvalue weighted by Crippen LogP contribution is -1.87. The fourth-order valence-corrected chi connectivity index (χ4v) is 4.38. The normalized spacial score (nSPS) is 11.5. The van der Waals surface area contributed by atoms with Crippen LogP contribution in [0.25, 0.3) is 42.3 Å². The molecule has 1 nitrogen and oxygen atoms in total. The monoisotopic (exact) mass is 311 g/mol. The van der Waals surface area contributed by atoms with Crippen LogP contribution in [-0.4, -0.2) is 4.98 Å². The number of pyridine rings is 1. The van der Waals surface area contributed by atoms with Crippen LogP contribution in [0.1, 0.15) is 0 Å². The van der Waals surface area contributed by atoms with Gasteiger partial charge in [-0.05, 0) is 6.07 Å². The molecular formula is C21H13NS. The Morgan fingerprint density at radius 1 is 0.609 bits per heavy atom. The lowest BCUT2D eigenvalue weighted by atomic mass is 10.0. The van der Waals surface area contributed by atoms with Crippen molar-refractivity contribution >= 4 is 42.4 Å². The zero-order chi connectivity index (χ0) is 15.2. The maximum Gasteiger partial charge on any atom is 0.0902 e. The highest BCUT2D eigenvalue weighted by molar-refractivity contribution is 7.26. The lowest BCUT2D eigenvalue weighted by molar-refractivity contribution is 1.45. The largest absolute Gasteiger partial charge is 0.246 e. The molecule has 0 radical (unpaired) electrons. The van der Waals surface area contributed by atoms with Crippen molar-refractivity contribution in [2.45, 2.75) is 0 Å². The van der Waals surface area contributed by atoms with Crippen LogP contribution >= 0.6 is 11.3 Å². The molecule has 108 valence electrons. The summed E-state index contributed by atoms with van der Waals surface area (Å²) < 4.78 is 2.58. The molecule has 0 aliphatic carbocycles. The molecule has 0 unspecified atom stereocenters. The Hall–Kier alpha value is -2.71. The highest BCUT2D eigenvalue weighted by Gasteiger charge is 2.13. The molecule has 5 rings (SSSR count). The second-order valence-corrected chi connectivity index (χ2v) is 6.70. The number of hydrogen-bond acceptors (Lipinski definition) is 2. The fraction of sp³-hybridized carbons (Fsp3) is 0. The summed E-state index contributed by atoms with van der Waals surface area (Å²) in [5.74, 6) is 0. The summed E-state index contributed by atoms with van der Waals surface area (Å²) in [6.45, 7) is 0. The summed E-state index contributed by atoms with van der Waals surface area (Å²) in [6, 6.07) is 27.6. The van der Waals surface area contributed by atoms with Gasteiger partial charge in [-0.15, -0.1) is 11.3 Å². The van der Waals surface area contributed by atoms with E-state index in [4.69, 9.17) is 4.98 Å². The average Bonchev–Trinajstić information content (AvgIpc) is 3.01. The maximum absolute atomic E-state index is 5.07. The molecule has 5 aromatic rings. The van der Waals surface area contributed by atoms with Gasteiger partial charge < -0.3 is 0 Å². The third kappa shape index (κ3) is 1.89. The second kappa shape index (κ2) is 4.90. The molecule has 23 heavy (non-hydrogen) atoms. The predicted octanol–water partition coefficient (Wildman–Crippen LogP) is 6.27. The molecule has 0 amide bonds. The average molecular weight is 311 g/mol. The first-order valence-corrected chi connectivity index (χ1v) is 8.49. The summed E-state index contributed by atoms with van der Waals surface area (Å²) in [5.41, 5.74) is 3.35. The zero-order valence-electron chi connectivity index (χ0n) is 12.4. The Kier molecular flexibility index (Phi) is 2.73. The number of fused-ring (bicyclic) bond motifs is 5. The fourth-order valence-electron chi connectivity index (χ4n) is 3.20. The van der Waals surface area contributed by atoms with E-state index in [1.165, 1.54) is 31.1 Å². The molecule has 0 N–H and O–H groups in total. The van der Waals surface area contributed by atoms with E-state index in [1.807, 2.05) is 17.4 Å². The number of rotatable bonds is 1. The van der Waals surface area contributed by atoms with E-state index in [0.717, 1.165) is 11.2 Å². The van der Waals surface area contributed by atoms with Crippen molar-refractivity contribution in [3.8, 4) is 11.3 Å². The summed E-state index contributed by atoms with van der Waals surface area (Å²) >= 11 is 1.83. The number of benzene rings is 3. The molecule has 0 aliphatic rings. The van der Waals surface area contributed by atoms with Gasteiger partial charge in [-0.1, -0.05) is 72.8 Å². The van der Waals surface area contributed by atoms with Gasteiger partial charge >= 0.3 is 0 Å². The van der Waals surface area contributed by atoms with Gasteiger partial charge in [0.2, 0.25) is 0 Å². The topological polar surface area (TPSA) is 12.9 Å². The summed E-state index contributed by atoms with van der Waals surface area (Å²) in [4.78, 5) is 5.07. The lowest BCUT2D eigenvalue weighted by Gasteiger charge is -2.07. The molecule has 0 spiro atoms. The molecule has 2 heterocycles. The molecule has 0 saturated heterocycles. The predicted molar refractivity (Wildman–Crippen MR) is 100 cm³/mol. The molecule has 0 fully saturated rings. The molecule has 0 aliphatic heterocycles. The molecular weight excluding hydrogens is 298 g/mol. The minimum atomic E-state index is 1.07. The summed E-state index contributed by atoms with van der Waals surface area (Å²) in [7, 11) is 0. The number of nitrogens with zero attached hydrogens (tertiary/aromatic N) is 1. The van der Waals surface area contributed by atoms with E-state index in [-0.39, 0.29) is 0 Å². The number of hydrogen-bond donors (Lipinski definition) is 0. The Labute approximate surface area is 137 Å². The molecule has 3 aromatic carbocycles. The van der Waals surface area contributed by atoms with Crippen molar-refractivity contribution in [1.29, 1.82) is 0 Å². The van der Waals surface area contributed by atoms with Crippen LogP contribution in [0.3, 0.4) is 0 Å². The minimum absolute atomic E-state index is 1.07. The van der Waals surface area contributed by atoms with Gasteiger partial charge in [-0.3, -0.25) is 0 Å². The number of aromatic nitrogens is 1. The molecule has 0 atom stereocenters. The first-order chi connectivity index (χ1) is 11.4. The SMILES string of the molecule is c1ccc(-c2nc3c4ccccc4sc3c3ccccc23)cc1. The smallest absolute Gasteiger partial charge is 0.0902 e. The highest BCUT2D eigenvalue weighted by Crippen LogP contribution is 2.40. The van der Waals surface area contributed by atoms with E-state index in [2.05, 4.69) is 72.8 Å². The van der Waals surface area contributed by atoms with Crippen molar-refractivity contribution in [2.24, 2.45) is 0 Å². The van der Waals surface area contributed by atoms with Crippen LogP contribution in [0.4, 0.5) is 0 Å². The minimum Gasteiger partial charge on any atom is -0.246 e. The van der Waals surface area contributed by atoms with Crippen molar-refractivity contribution in [3.05, 3.63) is 78.9 Å². The van der Waals surface area contributed by atoms with E-state index < -0.39 is 0 Å².